The lowest BCUT2D eigenvalue weighted by Gasteiger charge is -2.45. The highest BCUT2D eigenvalue weighted by atomic mass is 28.4. The van der Waals surface area contributed by atoms with Crippen molar-refractivity contribution in [2.45, 2.75) is 123 Å². The van der Waals surface area contributed by atoms with E-state index in [4.69, 9.17) is 9.16 Å². The summed E-state index contributed by atoms with van der Waals surface area (Å²) in [5.41, 5.74) is 0.184. The molecule has 1 fully saturated rings. The molecule has 5 atom stereocenters. The van der Waals surface area contributed by atoms with Crippen LogP contribution >= 0.6 is 0 Å². The summed E-state index contributed by atoms with van der Waals surface area (Å²) >= 11 is 0. The molecule has 6 heteroatoms. The van der Waals surface area contributed by atoms with Crippen LogP contribution in [0.1, 0.15) is 87.5 Å². The van der Waals surface area contributed by atoms with Gasteiger partial charge < -0.3 is 14.3 Å². The third-order valence-electron chi connectivity index (χ3n) is 8.47. The Balaban J connectivity index is 2.10. The molecule has 1 saturated carbocycles. The minimum Gasteiger partial charge on any atom is -0.462 e. The van der Waals surface area contributed by atoms with Gasteiger partial charge in [-0.05, 0) is 63.1 Å². The van der Waals surface area contributed by atoms with E-state index in [1.54, 1.807) is 0 Å². The molecule has 0 radical (unpaired) electrons. The fraction of sp³-hybridized carbons (Fsp3) is 0.846. The average molecular weight is 467 g/mol. The Hall–Kier alpha value is -0.983. The maximum absolute atomic E-state index is 13.2. The van der Waals surface area contributed by atoms with Crippen molar-refractivity contribution < 1.29 is 23.9 Å². The van der Waals surface area contributed by atoms with Crippen molar-refractivity contribution in [3.05, 3.63) is 11.6 Å². The van der Waals surface area contributed by atoms with Gasteiger partial charge in [0.25, 0.3) is 0 Å². The Labute approximate surface area is 196 Å². The van der Waals surface area contributed by atoms with Gasteiger partial charge in [0.1, 0.15) is 11.7 Å². The SMILES string of the molecule is CC(=O)O[C@H]1CCC[C@]2(C)C([C@H](C)C(O)CC(=O)C(C)(C)O[Si](C)(C)C(C)(C)C)=CC[C@@H]12. The van der Waals surface area contributed by atoms with E-state index in [0.717, 1.165) is 25.7 Å². The van der Waals surface area contributed by atoms with Gasteiger partial charge >= 0.3 is 5.97 Å². The monoisotopic (exact) mass is 466 g/mol. The van der Waals surface area contributed by atoms with Crippen LogP contribution in [0.2, 0.25) is 18.1 Å². The minimum atomic E-state index is -2.12. The fourth-order valence-corrected chi connectivity index (χ4v) is 7.15. The van der Waals surface area contributed by atoms with Gasteiger partial charge in [-0.15, -0.1) is 0 Å². The predicted molar refractivity (Wildman–Crippen MR) is 131 cm³/mol. The Kier molecular flexibility index (Phi) is 7.96. The molecule has 2 aliphatic rings. The third-order valence-corrected chi connectivity index (χ3v) is 13.1. The van der Waals surface area contributed by atoms with Gasteiger partial charge in [-0.2, -0.15) is 0 Å². The van der Waals surface area contributed by atoms with E-state index < -0.39 is 20.0 Å². The van der Waals surface area contributed by atoms with Gasteiger partial charge in [0.15, 0.2) is 14.1 Å². The van der Waals surface area contributed by atoms with Crippen LogP contribution in [-0.2, 0) is 18.8 Å². The molecule has 184 valence electrons. The molecule has 0 aromatic heterocycles. The molecule has 0 aliphatic heterocycles. The van der Waals surface area contributed by atoms with E-state index in [-0.39, 0.29) is 46.6 Å². The van der Waals surface area contributed by atoms with Crippen LogP contribution in [0.4, 0.5) is 0 Å². The summed E-state index contributed by atoms with van der Waals surface area (Å²) in [4.78, 5) is 24.8. The van der Waals surface area contributed by atoms with Crippen LogP contribution in [0.15, 0.2) is 11.6 Å². The highest BCUT2D eigenvalue weighted by Crippen LogP contribution is 2.56. The second kappa shape index (κ2) is 9.34. The highest BCUT2D eigenvalue weighted by Gasteiger charge is 2.51. The van der Waals surface area contributed by atoms with E-state index in [1.165, 1.54) is 12.5 Å². The maximum atomic E-state index is 13.2. The topological polar surface area (TPSA) is 72.8 Å². The van der Waals surface area contributed by atoms with Crippen LogP contribution < -0.4 is 0 Å². The molecule has 0 saturated heterocycles. The number of hydrogen-bond donors (Lipinski definition) is 1. The van der Waals surface area contributed by atoms with E-state index >= 15 is 0 Å². The first-order valence-electron chi connectivity index (χ1n) is 12.2. The summed E-state index contributed by atoms with van der Waals surface area (Å²) in [5, 5.41) is 11.1. The largest absolute Gasteiger partial charge is 0.462 e. The number of carbonyl (C=O) groups excluding carboxylic acids is 2. The molecule has 0 spiro atoms. The van der Waals surface area contributed by atoms with Crippen molar-refractivity contribution in [3.8, 4) is 0 Å². The molecule has 0 bridgehead atoms. The van der Waals surface area contributed by atoms with Crippen LogP contribution in [0.3, 0.4) is 0 Å². The van der Waals surface area contributed by atoms with Crippen molar-refractivity contribution in [2.24, 2.45) is 17.3 Å². The Morgan fingerprint density at radius 1 is 1.25 bits per heavy atom. The number of rotatable bonds is 8. The zero-order valence-corrected chi connectivity index (χ0v) is 23.0. The number of ether oxygens (including phenoxy) is 1. The molecule has 0 amide bonds. The van der Waals surface area contributed by atoms with Crippen LogP contribution in [-0.4, -0.2) is 43.0 Å². The number of carbonyl (C=O) groups is 2. The zero-order chi connectivity index (χ0) is 24.7. The van der Waals surface area contributed by atoms with Gasteiger partial charge in [-0.1, -0.05) is 46.3 Å². The summed E-state index contributed by atoms with van der Waals surface area (Å²) < 4.78 is 12.1. The van der Waals surface area contributed by atoms with Crippen LogP contribution in [0.5, 0.6) is 0 Å². The van der Waals surface area contributed by atoms with E-state index in [9.17, 15) is 14.7 Å². The molecule has 0 aromatic rings. The lowest BCUT2D eigenvalue weighted by molar-refractivity contribution is -0.154. The predicted octanol–water partition coefficient (Wildman–Crippen LogP) is 5.81. The smallest absolute Gasteiger partial charge is 0.302 e. The fourth-order valence-electron chi connectivity index (χ4n) is 5.45. The number of allylic oxidation sites excluding steroid dienone is 1. The van der Waals surface area contributed by atoms with Crippen LogP contribution in [0, 0.1) is 17.3 Å². The number of hydrogen-bond acceptors (Lipinski definition) is 5. The van der Waals surface area contributed by atoms with E-state index in [1.807, 2.05) is 20.8 Å². The van der Waals surface area contributed by atoms with Crippen LogP contribution in [0.25, 0.3) is 0 Å². The van der Waals surface area contributed by atoms with Crippen molar-refractivity contribution in [3.63, 3.8) is 0 Å². The number of fused-ring (bicyclic) bond motifs is 1. The first-order valence-corrected chi connectivity index (χ1v) is 15.1. The van der Waals surface area contributed by atoms with E-state index in [2.05, 4.69) is 46.9 Å². The number of esters is 1. The second-order valence-corrected chi connectivity index (χ2v) is 17.0. The van der Waals surface area contributed by atoms with Crippen molar-refractivity contribution in [2.75, 3.05) is 0 Å². The van der Waals surface area contributed by atoms with Gasteiger partial charge in [0.2, 0.25) is 0 Å². The average Bonchev–Trinajstić information content (AvgIpc) is 2.96. The summed E-state index contributed by atoms with van der Waals surface area (Å²) in [5.74, 6) is -0.161. The maximum Gasteiger partial charge on any atom is 0.302 e. The molecule has 1 unspecified atom stereocenters. The highest BCUT2D eigenvalue weighted by molar-refractivity contribution is 6.74. The summed E-state index contributed by atoms with van der Waals surface area (Å²) in [6.07, 6.45) is 5.24. The molecule has 5 nitrogen and oxygen atoms in total. The third kappa shape index (κ3) is 5.56. The zero-order valence-electron chi connectivity index (χ0n) is 22.0. The number of Topliss-reactive ketones (excluding diaryl/α,β-unsaturated/α-hetero) is 1. The summed E-state index contributed by atoms with van der Waals surface area (Å²) in [7, 11) is -2.12. The molecule has 0 aromatic carbocycles. The van der Waals surface area contributed by atoms with Crippen molar-refractivity contribution >= 4 is 20.1 Å². The lowest BCUT2D eigenvalue weighted by Crippen LogP contribution is -2.51. The molecule has 2 aliphatic carbocycles. The molecular weight excluding hydrogens is 420 g/mol. The van der Waals surface area contributed by atoms with Gasteiger partial charge in [0.05, 0.1) is 6.10 Å². The quantitative estimate of drug-likeness (QED) is 0.277. The van der Waals surface area contributed by atoms with Gasteiger partial charge in [-0.3, -0.25) is 9.59 Å². The van der Waals surface area contributed by atoms with E-state index in [0.29, 0.717) is 0 Å². The Morgan fingerprint density at radius 3 is 2.38 bits per heavy atom. The first kappa shape index (κ1) is 27.3. The lowest BCUT2D eigenvalue weighted by atomic mass is 9.62. The van der Waals surface area contributed by atoms with Crippen molar-refractivity contribution in [1.82, 2.24) is 0 Å². The molecule has 1 N–H and O–H groups in total. The molecule has 32 heavy (non-hydrogen) atoms. The Bertz CT molecular complexity index is 748. The normalized spacial score (nSPS) is 28.5. The number of aliphatic hydroxyl groups is 1. The first-order chi connectivity index (χ1) is 14.4. The molecule has 2 rings (SSSR count). The number of aliphatic hydroxyl groups excluding tert-OH is 1. The minimum absolute atomic E-state index is 0.00812. The standard InChI is InChI=1S/C26H46O5Si/c1-17(19-13-14-20-22(30-18(2)27)12-11-15-26(19,20)8)21(28)16-23(29)25(6,7)31-32(9,10)24(3,4)5/h13,17,20-22,28H,11-12,14-16H2,1-10H3/t17-,20-,21?,22-,26+/m0/s1. The molecular formula is C26H46O5Si. The number of ketones is 1. The summed E-state index contributed by atoms with van der Waals surface area (Å²) in [6, 6.07) is 0. The van der Waals surface area contributed by atoms with Crippen molar-refractivity contribution in [1.29, 1.82) is 0 Å². The second-order valence-electron chi connectivity index (χ2n) is 12.3. The van der Waals surface area contributed by atoms with Gasteiger partial charge in [-0.25, -0.2) is 0 Å². The van der Waals surface area contributed by atoms with Gasteiger partial charge in [0, 0.05) is 25.2 Å². The molecule has 0 heterocycles. The summed E-state index contributed by atoms with van der Waals surface area (Å²) in [6.45, 7) is 20.2. The Morgan fingerprint density at radius 2 is 1.84 bits per heavy atom.